The van der Waals surface area contributed by atoms with Gasteiger partial charge >= 0.3 is 0 Å². The molecule has 6 heteroatoms. The first-order valence-electron chi connectivity index (χ1n) is 8.95. The summed E-state index contributed by atoms with van der Waals surface area (Å²) in [6.07, 6.45) is 1.67. The lowest BCUT2D eigenvalue weighted by Crippen LogP contribution is -2.41. The van der Waals surface area contributed by atoms with Crippen molar-refractivity contribution in [3.63, 3.8) is 0 Å². The minimum absolute atomic E-state index is 0.0184. The van der Waals surface area contributed by atoms with E-state index in [-0.39, 0.29) is 5.91 Å². The Kier molecular flexibility index (Phi) is 5.23. The maximum Gasteiger partial charge on any atom is 0.257 e. The molecule has 0 aliphatic carbocycles. The Labute approximate surface area is 162 Å². The first kappa shape index (κ1) is 17.8. The predicted octanol–water partition coefficient (Wildman–Crippen LogP) is 3.97. The number of ether oxygens (including phenoxy) is 1. The van der Waals surface area contributed by atoms with Gasteiger partial charge in [0.15, 0.2) is 0 Å². The predicted molar refractivity (Wildman–Crippen MR) is 107 cm³/mol. The molecule has 4 rings (SSSR count). The molecule has 0 unspecified atom stereocenters. The third-order valence-corrected chi connectivity index (χ3v) is 4.94. The summed E-state index contributed by atoms with van der Waals surface area (Å²) in [5.41, 5.74) is 3.34. The molecule has 0 bridgehead atoms. The third-order valence-electron chi connectivity index (χ3n) is 4.69. The van der Waals surface area contributed by atoms with Gasteiger partial charge in [-0.05, 0) is 23.8 Å². The van der Waals surface area contributed by atoms with Gasteiger partial charge in [-0.15, -0.1) is 0 Å². The van der Waals surface area contributed by atoms with Gasteiger partial charge in [-0.1, -0.05) is 41.9 Å². The Morgan fingerprint density at radius 3 is 2.63 bits per heavy atom. The van der Waals surface area contributed by atoms with Gasteiger partial charge in [-0.2, -0.15) is 0 Å². The number of aromatic nitrogens is 1. The quantitative estimate of drug-likeness (QED) is 0.742. The maximum atomic E-state index is 13.1. The standard InChI is InChI=1S/C21H20ClN3O2/c22-16-7-5-15(6-8-16)13-24-20-17-3-1-2-4-19(17)23-14-18(20)21(26)25-9-11-27-12-10-25/h1-8,14H,9-13H2,(H,23,24). The zero-order valence-electron chi connectivity index (χ0n) is 14.8. The van der Waals surface area contributed by atoms with Crippen LogP contribution in [0.3, 0.4) is 0 Å². The fourth-order valence-corrected chi connectivity index (χ4v) is 3.35. The van der Waals surface area contributed by atoms with Gasteiger partial charge in [0.2, 0.25) is 0 Å². The van der Waals surface area contributed by atoms with Crippen LogP contribution in [0.4, 0.5) is 5.69 Å². The molecular weight excluding hydrogens is 362 g/mol. The van der Waals surface area contributed by atoms with Gasteiger partial charge in [0, 0.05) is 36.2 Å². The number of nitrogens with zero attached hydrogens (tertiary/aromatic N) is 2. The number of fused-ring (bicyclic) bond motifs is 1. The van der Waals surface area contributed by atoms with Gasteiger partial charge in [-0.25, -0.2) is 0 Å². The average molecular weight is 382 g/mol. The van der Waals surface area contributed by atoms with E-state index < -0.39 is 0 Å². The minimum atomic E-state index is -0.0184. The molecular formula is C21H20ClN3O2. The summed E-state index contributed by atoms with van der Waals surface area (Å²) in [4.78, 5) is 19.4. The van der Waals surface area contributed by atoms with Crippen LogP contribution < -0.4 is 5.32 Å². The van der Waals surface area contributed by atoms with Crippen molar-refractivity contribution in [1.29, 1.82) is 0 Å². The highest BCUT2D eigenvalue weighted by atomic mass is 35.5. The summed E-state index contributed by atoms with van der Waals surface area (Å²) in [6.45, 7) is 2.93. The normalized spacial score (nSPS) is 14.3. The monoisotopic (exact) mass is 381 g/mol. The van der Waals surface area contributed by atoms with Gasteiger partial charge < -0.3 is 15.0 Å². The van der Waals surface area contributed by atoms with E-state index in [0.717, 1.165) is 22.2 Å². The summed E-state index contributed by atoms with van der Waals surface area (Å²) in [5.74, 6) is -0.0184. The molecule has 0 spiro atoms. The molecule has 1 aliphatic heterocycles. The van der Waals surface area contributed by atoms with Crippen molar-refractivity contribution in [1.82, 2.24) is 9.88 Å². The van der Waals surface area contributed by atoms with Crippen LogP contribution in [0.1, 0.15) is 15.9 Å². The molecule has 0 saturated carbocycles. The summed E-state index contributed by atoms with van der Waals surface area (Å²) in [5, 5.41) is 5.09. The van der Waals surface area contributed by atoms with E-state index in [9.17, 15) is 4.79 Å². The number of hydrogen-bond acceptors (Lipinski definition) is 4. The zero-order valence-corrected chi connectivity index (χ0v) is 15.6. The molecule has 3 aromatic rings. The van der Waals surface area contributed by atoms with E-state index in [0.29, 0.717) is 43.4 Å². The number of anilines is 1. The van der Waals surface area contributed by atoms with Crippen LogP contribution in [0.25, 0.3) is 10.9 Å². The Morgan fingerprint density at radius 2 is 1.85 bits per heavy atom. The molecule has 138 valence electrons. The second-order valence-electron chi connectivity index (χ2n) is 6.45. The molecule has 1 saturated heterocycles. The number of rotatable bonds is 4. The van der Waals surface area contributed by atoms with Crippen molar-refractivity contribution in [2.24, 2.45) is 0 Å². The van der Waals surface area contributed by atoms with Crippen LogP contribution in [-0.4, -0.2) is 42.1 Å². The molecule has 2 heterocycles. The van der Waals surface area contributed by atoms with E-state index in [4.69, 9.17) is 16.3 Å². The minimum Gasteiger partial charge on any atom is -0.380 e. The number of pyridine rings is 1. The first-order valence-corrected chi connectivity index (χ1v) is 9.33. The number of hydrogen-bond donors (Lipinski definition) is 1. The van der Waals surface area contributed by atoms with E-state index in [1.807, 2.05) is 53.4 Å². The fourth-order valence-electron chi connectivity index (χ4n) is 3.22. The number of carbonyl (C=O) groups excluding carboxylic acids is 1. The number of benzene rings is 2. The van der Waals surface area contributed by atoms with Gasteiger partial charge in [0.1, 0.15) is 0 Å². The molecule has 1 aliphatic rings. The molecule has 0 radical (unpaired) electrons. The summed E-state index contributed by atoms with van der Waals surface area (Å²) < 4.78 is 5.37. The maximum absolute atomic E-state index is 13.1. The number of nitrogens with one attached hydrogen (secondary N) is 1. The lowest BCUT2D eigenvalue weighted by molar-refractivity contribution is 0.0303. The highest BCUT2D eigenvalue weighted by Gasteiger charge is 2.22. The van der Waals surface area contributed by atoms with E-state index >= 15 is 0 Å². The van der Waals surface area contributed by atoms with Crippen molar-refractivity contribution in [3.05, 3.63) is 70.9 Å². The van der Waals surface area contributed by atoms with Crippen LogP contribution in [0.15, 0.2) is 54.7 Å². The molecule has 27 heavy (non-hydrogen) atoms. The molecule has 5 nitrogen and oxygen atoms in total. The third kappa shape index (κ3) is 3.89. The average Bonchev–Trinajstić information content (AvgIpc) is 2.73. The highest BCUT2D eigenvalue weighted by molar-refractivity contribution is 6.30. The van der Waals surface area contributed by atoms with Crippen LogP contribution in [-0.2, 0) is 11.3 Å². The lowest BCUT2D eigenvalue weighted by atomic mass is 10.1. The second-order valence-corrected chi connectivity index (χ2v) is 6.89. The van der Waals surface area contributed by atoms with Crippen LogP contribution in [0, 0.1) is 0 Å². The van der Waals surface area contributed by atoms with Crippen molar-refractivity contribution in [3.8, 4) is 0 Å². The van der Waals surface area contributed by atoms with Gasteiger partial charge in [0.05, 0.1) is 30.0 Å². The SMILES string of the molecule is O=C(c1cnc2ccccc2c1NCc1ccc(Cl)cc1)N1CCOCC1. The Morgan fingerprint density at radius 1 is 1.11 bits per heavy atom. The summed E-state index contributed by atoms with van der Waals surface area (Å²) in [7, 11) is 0. The lowest BCUT2D eigenvalue weighted by Gasteiger charge is -2.28. The van der Waals surface area contributed by atoms with Crippen LogP contribution in [0.2, 0.25) is 5.02 Å². The number of carbonyl (C=O) groups is 1. The van der Waals surface area contributed by atoms with Gasteiger partial charge in [0.25, 0.3) is 5.91 Å². The molecule has 2 aromatic carbocycles. The van der Waals surface area contributed by atoms with Crippen LogP contribution >= 0.6 is 11.6 Å². The second kappa shape index (κ2) is 7.94. The van der Waals surface area contributed by atoms with Crippen molar-refractivity contribution >= 4 is 34.1 Å². The molecule has 1 fully saturated rings. The number of halogens is 1. The number of amides is 1. The molecule has 1 aromatic heterocycles. The first-order chi connectivity index (χ1) is 13.2. The Balaban J connectivity index is 1.68. The van der Waals surface area contributed by atoms with E-state index in [1.54, 1.807) is 6.20 Å². The zero-order chi connectivity index (χ0) is 18.6. The van der Waals surface area contributed by atoms with Crippen molar-refractivity contribution in [2.75, 3.05) is 31.6 Å². The van der Waals surface area contributed by atoms with E-state index in [2.05, 4.69) is 10.3 Å². The summed E-state index contributed by atoms with van der Waals surface area (Å²) in [6, 6.07) is 15.5. The Bertz CT molecular complexity index is 953. The van der Waals surface area contributed by atoms with Crippen LogP contribution in [0.5, 0.6) is 0 Å². The number of para-hydroxylation sites is 1. The molecule has 1 amide bonds. The smallest absolute Gasteiger partial charge is 0.257 e. The van der Waals surface area contributed by atoms with Crippen molar-refractivity contribution < 1.29 is 9.53 Å². The fraction of sp³-hybridized carbons (Fsp3) is 0.238. The van der Waals surface area contributed by atoms with Gasteiger partial charge in [-0.3, -0.25) is 9.78 Å². The summed E-state index contributed by atoms with van der Waals surface area (Å²) >= 11 is 5.97. The molecule has 0 atom stereocenters. The Hall–Kier alpha value is -2.63. The number of morpholine rings is 1. The van der Waals surface area contributed by atoms with Crippen molar-refractivity contribution in [2.45, 2.75) is 6.54 Å². The van der Waals surface area contributed by atoms with E-state index in [1.165, 1.54) is 0 Å². The highest BCUT2D eigenvalue weighted by Crippen LogP contribution is 2.28. The topological polar surface area (TPSA) is 54.5 Å². The largest absolute Gasteiger partial charge is 0.380 e. The molecule has 1 N–H and O–H groups in total.